The number of halogens is 1. The standard InChI is InChI=1S/C17H30N6O4S.HI/c1-3-7-19-16(24)5-8-20-17(18-4-2)22-9-11-23(12-10-22)28(25,26)14-15-6-13-27-21-15;/h6,13H,3-5,7-12,14H2,1-2H3,(H,18,20)(H,19,24);1H. The summed E-state index contributed by atoms with van der Waals surface area (Å²) in [5.41, 5.74) is 0.402. The monoisotopic (exact) mass is 542 g/mol. The average molecular weight is 542 g/mol. The van der Waals surface area contributed by atoms with Gasteiger partial charge in [0.15, 0.2) is 5.96 Å². The van der Waals surface area contributed by atoms with E-state index in [4.69, 9.17) is 4.52 Å². The van der Waals surface area contributed by atoms with Crippen LogP contribution in [0.1, 0.15) is 32.4 Å². The summed E-state index contributed by atoms with van der Waals surface area (Å²) in [4.78, 5) is 18.2. The van der Waals surface area contributed by atoms with Gasteiger partial charge in [-0.1, -0.05) is 12.1 Å². The normalized spacial score (nSPS) is 15.7. The predicted molar refractivity (Wildman–Crippen MR) is 122 cm³/mol. The van der Waals surface area contributed by atoms with Crippen molar-refractivity contribution in [3.8, 4) is 0 Å². The van der Waals surface area contributed by atoms with Crippen LogP contribution in [0.15, 0.2) is 21.8 Å². The van der Waals surface area contributed by atoms with Gasteiger partial charge in [-0.2, -0.15) is 4.31 Å². The van der Waals surface area contributed by atoms with E-state index in [0.717, 1.165) is 6.42 Å². The molecule has 12 heteroatoms. The highest BCUT2D eigenvalue weighted by atomic mass is 127. The molecular formula is C17H31IN6O4S. The summed E-state index contributed by atoms with van der Waals surface area (Å²) >= 11 is 0. The molecule has 29 heavy (non-hydrogen) atoms. The van der Waals surface area contributed by atoms with E-state index in [9.17, 15) is 13.2 Å². The number of aliphatic imine (C=N–C) groups is 1. The van der Waals surface area contributed by atoms with Crippen LogP contribution < -0.4 is 10.6 Å². The van der Waals surface area contributed by atoms with E-state index in [2.05, 4.69) is 20.8 Å². The van der Waals surface area contributed by atoms with Gasteiger partial charge < -0.3 is 20.1 Å². The highest BCUT2D eigenvalue weighted by molar-refractivity contribution is 14.0. The molecule has 0 aliphatic carbocycles. The van der Waals surface area contributed by atoms with Gasteiger partial charge in [0.25, 0.3) is 0 Å². The third-order valence-electron chi connectivity index (χ3n) is 4.26. The van der Waals surface area contributed by atoms with Gasteiger partial charge in [-0.3, -0.25) is 9.79 Å². The lowest BCUT2D eigenvalue weighted by Gasteiger charge is -2.35. The lowest BCUT2D eigenvalue weighted by atomic mass is 10.3. The van der Waals surface area contributed by atoms with E-state index >= 15 is 0 Å². The molecule has 2 rings (SSSR count). The number of hydrogen-bond acceptors (Lipinski definition) is 6. The van der Waals surface area contributed by atoms with Crippen molar-refractivity contribution in [3.05, 3.63) is 18.0 Å². The van der Waals surface area contributed by atoms with Crippen LogP contribution in [-0.2, 0) is 20.6 Å². The fourth-order valence-electron chi connectivity index (χ4n) is 2.81. The van der Waals surface area contributed by atoms with Gasteiger partial charge in [0, 0.05) is 51.8 Å². The molecule has 0 radical (unpaired) electrons. The largest absolute Gasteiger partial charge is 0.364 e. The van der Waals surface area contributed by atoms with Crippen LogP contribution in [0.5, 0.6) is 0 Å². The van der Waals surface area contributed by atoms with Crippen LogP contribution in [0.4, 0.5) is 0 Å². The van der Waals surface area contributed by atoms with Crippen molar-refractivity contribution < 1.29 is 17.7 Å². The maximum absolute atomic E-state index is 12.5. The molecular weight excluding hydrogens is 511 g/mol. The van der Waals surface area contributed by atoms with E-state index in [-0.39, 0.29) is 35.6 Å². The van der Waals surface area contributed by atoms with Gasteiger partial charge in [0.2, 0.25) is 15.9 Å². The number of nitrogens with zero attached hydrogens (tertiary/aromatic N) is 4. The lowest BCUT2D eigenvalue weighted by molar-refractivity contribution is -0.120. The van der Waals surface area contributed by atoms with E-state index in [1.54, 1.807) is 6.07 Å². The smallest absolute Gasteiger partial charge is 0.221 e. The number of aromatic nitrogens is 1. The number of guanidine groups is 1. The molecule has 0 spiro atoms. The van der Waals surface area contributed by atoms with Crippen molar-refractivity contribution >= 4 is 45.9 Å². The molecule has 0 atom stereocenters. The van der Waals surface area contributed by atoms with Crippen LogP contribution in [0.25, 0.3) is 0 Å². The molecule has 0 unspecified atom stereocenters. The Hall–Kier alpha value is -1.41. The summed E-state index contributed by atoms with van der Waals surface area (Å²) in [6, 6.07) is 1.56. The first-order chi connectivity index (χ1) is 13.5. The summed E-state index contributed by atoms with van der Waals surface area (Å²) in [5, 5.41) is 9.72. The molecule has 1 aliphatic rings. The number of nitrogens with one attached hydrogen (secondary N) is 2. The third-order valence-corrected chi connectivity index (χ3v) is 6.07. The Morgan fingerprint density at radius 3 is 2.55 bits per heavy atom. The number of amides is 1. The van der Waals surface area contributed by atoms with E-state index < -0.39 is 10.0 Å². The Balaban J connectivity index is 0.00000420. The molecule has 1 saturated heterocycles. The molecule has 1 amide bonds. The molecule has 0 bridgehead atoms. The minimum atomic E-state index is -3.43. The third kappa shape index (κ3) is 8.46. The Bertz CT molecular complexity index is 733. The maximum Gasteiger partial charge on any atom is 0.221 e. The van der Waals surface area contributed by atoms with Crippen LogP contribution in [0.3, 0.4) is 0 Å². The lowest BCUT2D eigenvalue weighted by Crippen LogP contribution is -2.54. The first-order valence-electron chi connectivity index (χ1n) is 9.63. The highest BCUT2D eigenvalue weighted by Gasteiger charge is 2.28. The molecule has 1 aliphatic heterocycles. The van der Waals surface area contributed by atoms with Crippen LogP contribution in [0, 0.1) is 0 Å². The van der Waals surface area contributed by atoms with Crippen molar-refractivity contribution in [3.63, 3.8) is 0 Å². The van der Waals surface area contributed by atoms with Crippen molar-refractivity contribution in [2.45, 2.75) is 32.4 Å². The minimum Gasteiger partial charge on any atom is -0.364 e. The van der Waals surface area contributed by atoms with E-state index in [1.807, 2.05) is 18.7 Å². The molecule has 0 saturated carbocycles. The molecule has 2 heterocycles. The first kappa shape index (κ1) is 25.6. The Kier molecular flexibility index (Phi) is 11.5. The Morgan fingerprint density at radius 2 is 1.97 bits per heavy atom. The van der Waals surface area contributed by atoms with Crippen molar-refractivity contribution in [2.24, 2.45) is 4.99 Å². The average Bonchev–Trinajstić information content (AvgIpc) is 3.18. The van der Waals surface area contributed by atoms with Crippen molar-refractivity contribution in [2.75, 3.05) is 45.8 Å². The van der Waals surface area contributed by atoms with Crippen molar-refractivity contribution in [1.29, 1.82) is 0 Å². The molecule has 1 fully saturated rings. The summed E-state index contributed by atoms with van der Waals surface area (Å²) in [6.45, 7) is 7.57. The first-order valence-corrected chi connectivity index (χ1v) is 11.2. The second kappa shape index (κ2) is 13.0. The molecule has 2 N–H and O–H groups in total. The molecule has 1 aromatic rings. The maximum atomic E-state index is 12.5. The summed E-state index contributed by atoms with van der Waals surface area (Å²) < 4.78 is 31.2. The highest BCUT2D eigenvalue weighted by Crippen LogP contribution is 2.13. The van der Waals surface area contributed by atoms with Crippen LogP contribution in [-0.4, -0.2) is 80.5 Å². The van der Waals surface area contributed by atoms with Crippen LogP contribution >= 0.6 is 24.0 Å². The van der Waals surface area contributed by atoms with Gasteiger partial charge in [0.05, 0.1) is 12.2 Å². The molecule has 1 aromatic heterocycles. The minimum absolute atomic E-state index is 0. The van der Waals surface area contributed by atoms with Crippen LogP contribution in [0.2, 0.25) is 0 Å². The van der Waals surface area contributed by atoms with Crippen molar-refractivity contribution in [1.82, 2.24) is 25.0 Å². The molecule has 10 nitrogen and oxygen atoms in total. The van der Waals surface area contributed by atoms with Gasteiger partial charge in [-0.05, 0) is 13.3 Å². The quantitative estimate of drug-likeness (QED) is 0.267. The topological polar surface area (TPSA) is 120 Å². The van der Waals surface area contributed by atoms with Gasteiger partial charge in [0.1, 0.15) is 12.0 Å². The second-order valence-electron chi connectivity index (χ2n) is 6.47. The Morgan fingerprint density at radius 1 is 1.24 bits per heavy atom. The second-order valence-corrected chi connectivity index (χ2v) is 8.44. The SMILES string of the molecule is CCCNC(=O)CCN=C(NCC)N1CCN(S(=O)(=O)Cc2ccon2)CC1.I. The zero-order chi connectivity index (χ0) is 20.4. The number of carbonyl (C=O) groups is 1. The van der Waals surface area contributed by atoms with Gasteiger partial charge in [-0.15, -0.1) is 24.0 Å². The fraction of sp³-hybridized carbons (Fsp3) is 0.706. The number of piperazine rings is 1. The summed E-state index contributed by atoms with van der Waals surface area (Å²) in [5.74, 6) is 0.536. The zero-order valence-corrected chi connectivity index (χ0v) is 20.1. The van der Waals surface area contributed by atoms with Gasteiger partial charge >= 0.3 is 0 Å². The number of carbonyl (C=O) groups excluding carboxylic acids is 1. The van der Waals surface area contributed by atoms with E-state index in [1.165, 1.54) is 10.6 Å². The van der Waals surface area contributed by atoms with E-state index in [0.29, 0.717) is 63.9 Å². The predicted octanol–water partition coefficient (Wildman–Crippen LogP) is 0.622. The summed E-state index contributed by atoms with van der Waals surface area (Å²) in [6.07, 6.45) is 2.60. The Labute approximate surface area is 189 Å². The number of hydrogen-bond donors (Lipinski definition) is 2. The number of sulfonamides is 1. The molecule has 166 valence electrons. The zero-order valence-electron chi connectivity index (χ0n) is 17.0. The molecule has 0 aromatic carbocycles. The fourth-order valence-corrected chi connectivity index (χ4v) is 4.24. The number of rotatable bonds is 9. The summed E-state index contributed by atoms with van der Waals surface area (Å²) in [7, 11) is -3.43. The van der Waals surface area contributed by atoms with Gasteiger partial charge in [-0.25, -0.2) is 8.42 Å².